The van der Waals surface area contributed by atoms with Crippen molar-refractivity contribution in [2.45, 2.75) is 13.0 Å². The van der Waals surface area contributed by atoms with Gasteiger partial charge in [-0.2, -0.15) is 0 Å². The molecule has 3 rings (SSSR count). The van der Waals surface area contributed by atoms with E-state index in [0.29, 0.717) is 11.3 Å². The Kier molecular flexibility index (Phi) is 2.76. The van der Waals surface area contributed by atoms with Crippen LogP contribution in [0.2, 0.25) is 0 Å². The van der Waals surface area contributed by atoms with Crippen LogP contribution in [0.1, 0.15) is 11.1 Å². The molecule has 0 aromatic heterocycles. The van der Waals surface area contributed by atoms with Gasteiger partial charge in [-0.05, 0) is 35.7 Å². The number of aliphatic hydroxyl groups excluding tert-OH is 1. The molecule has 0 saturated heterocycles. The van der Waals surface area contributed by atoms with E-state index in [0.717, 1.165) is 18.7 Å². The van der Waals surface area contributed by atoms with Crippen molar-refractivity contribution in [1.82, 2.24) is 0 Å². The van der Waals surface area contributed by atoms with Crippen molar-refractivity contribution in [1.29, 1.82) is 0 Å². The van der Waals surface area contributed by atoms with Crippen LogP contribution in [0.4, 0.5) is 15.8 Å². The van der Waals surface area contributed by atoms with Crippen LogP contribution in [0.25, 0.3) is 0 Å². The molecule has 0 radical (unpaired) electrons. The number of hydrogen-bond acceptors (Lipinski definition) is 2. The van der Waals surface area contributed by atoms with Crippen molar-refractivity contribution in [3.63, 3.8) is 0 Å². The predicted octanol–water partition coefficient (Wildman–Crippen LogP) is 3.01. The molecule has 3 heteroatoms. The largest absolute Gasteiger partial charge is 0.392 e. The van der Waals surface area contributed by atoms with E-state index in [1.807, 2.05) is 23.1 Å². The number of anilines is 2. The maximum Gasteiger partial charge on any atom is 0.147 e. The Morgan fingerprint density at radius 3 is 2.72 bits per heavy atom. The first-order valence-corrected chi connectivity index (χ1v) is 6.04. The SMILES string of the molecule is OCc1ccc(N2CCc3ccccc32)c(F)c1. The molecule has 0 spiro atoms. The van der Waals surface area contributed by atoms with Gasteiger partial charge in [-0.3, -0.25) is 0 Å². The van der Waals surface area contributed by atoms with E-state index in [9.17, 15) is 4.39 Å². The molecule has 2 nitrogen and oxygen atoms in total. The van der Waals surface area contributed by atoms with Crippen molar-refractivity contribution in [3.8, 4) is 0 Å². The van der Waals surface area contributed by atoms with Crippen LogP contribution in [0.15, 0.2) is 42.5 Å². The highest BCUT2D eigenvalue weighted by atomic mass is 19.1. The maximum absolute atomic E-state index is 14.0. The second-order valence-electron chi connectivity index (χ2n) is 4.47. The second-order valence-corrected chi connectivity index (χ2v) is 4.47. The quantitative estimate of drug-likeness (QED) is 0.876. The molecule has 1 heterocycles. The minimum Gasteiger partial charge on any atom is -0.392 e. The van der Waals surface area contributed by atoms with Crippen LogP contribution in [0.3, 0.4) is 0 Å². The molecule has 0 unspecified atom stereocenters. The zero-order valence-corrected chi connectivity index (χ0v) is 9.94. The van der Waals surface area contributed by atoms with Crippen molar-refractivity contribution in [2.24, 2.45) is 0 Å². The summed E-state index contributed by atoms with van der Waals surface area (Å²) in [5.74, 6) is -0.279. The standard InChI is InChI=1S/C15H14FNO/c16-13-9-11(10-18)5-6-15(13)17-8-7-12-3-1-2-4-14(12)17/h1-6,9,18H,7-8,10H2. The summed E-state index contributed by atoms with van der Waals surface area (Å²) in [4.78, 5) is 1.99. The molecular weight excluding hydrogens is 229 g/mol. The summed E-state index contributed by atoms with van der Waals surface area (Å²) in [5.41, 5.74) is 3.51. The van der Waals surface area contributed by atoms with Crippen LogP contribution in [-0.2, 0) is 13.0 Å². The van der Waals surface area contributed by atoms with Gasteiger partial charge in [0.1, 0.15) is 5.82 Å². The molecule has 2 aromatic rings. The van der Waals surface area contributed by atoms with Gasteiger partial charge in [0, 0.05) is 12.2 Å². The first kappa shape index (κ1) is 11.2. The number of fused-ring (bicyclic) bond motifs is 1. The van der Waals surface area contributed by atoms with Crippen LogP contribution in [-0.4, -0.2) is 11.7 Å². The van der Waals surface area contributed by atoms with E-state index in [1.165, 1.54) is 11.6 Å². The Labute approximate surface area is 105 Å². The molecule has 0 amide bonds. The highest BCUT2D eigenvalue weighted by molar-refractivity contribution is 5.70. The van der Waals surface area contributed by atoms with Crippen molar-refractivity contribution < 1.29 is 9.50 Å². The van der Waals surface area contributed by atoms with Crippen LogP contribution in [0, 0.1) is 5.82 Å². The predicted molar refractivity (Wildman–Crippen MR) is 69.5 cm³/mol. The fraction of sp³-hybridized carbons (Fsp3) is 0.200. The Morgan fingerprint density at radius 1 is 1.11 bits per heavy atom. The van der Waals surface area contributed by atoms with Gasteiger partial charge >= 0.3 is 0 Å². The first-order chi connectivity index (χ1) is 8.79. The third-order valence-corrected chi connectivity index (χ3v) is 3.37. The van der Waals surface area contributed by atoms with Gasteiger partial charge in [0.15, 0.2) is 0 Å². The summed E-state index contributed by atoms with van der Waals surface area (Å²) in [6, 6.07) is 13.0. The minimum absolute atomic E-state index is 0.131. The smallest absolute Gasteiger partial charge is 0.147 e. The number of benzene rings is 2. The molecule has 0 atom stereocenters. The Bertz CT molecular complexity index is 582. The molecule has 0 aliphatic carbocycles. The minimum atomic E-state index is -0.279. The van der Waals surface area contributed by atoms with E-state index in [4.69, 9.17) is 5.11 Å². The molecule has 1 aliphatic heterocycles. The van der Waals surface area contributed by atoms with Gasteiger partial charge in [-0.25, -0.2) is 4.39 Å². The lowest BCUT2D eigenvalue weighted by molar-refractivity contribution is 0.281. The van der Waals surface area contributed by atoms with Gasteiger partial charge < -0.3 is 10.0 Å². The Balaban J connectivity index is 2.02. The zero-order chi connectivity index (χ0) is 12.5. The fourth-order valence-electron chi connectivity index (χ4n) is 2.46. The maximum atomic E-state index is 14.0. The number of rotatable bonds is 2. The summed E-state index contributed by atoms with van der Waals surface area (Å²) in [6.07, 6.45) is 0.942. The van der Waals surface area contributed by atoms with Crippen LogP contribution < -0.4 is 4.90 Å². The van der Waals surface area contributed by atoms with Crippen LogP contribution in [0.5, 0.6) is 0 Å². The number of nitrogens with zero attached hydrogens (tertiary/aromatic N) is 1. The first-order valence-electron chi connectivity index (χ1n) is 6.04. The lowest BCUT2D eigenvalue weighted by atomic mass is 10.1. The number of aliphatic hydroxyl groups is 1. The lowest BCUT2D eigenvalue weighted by Crippen LogP contribution is -2.14. The Hall–Kier alpha value is -1.87. The molecule has 2 aromatic carbocycles. The fourth-order valence-corrected chi connectivity index (χ4v) is 2.46. The third-order valence-electron chi connectivity index (χ3n) is 3.37. The summed E-state index contributed by atoms with van der Waals surface area (Å²) in [7, 11) is 0. The average Bonchev–Trinajstić information content (AvgIpc) is 2.82. The van der Waals surface area contributed by atoms with Gasteiger partial charge in [0.05, 0.1) is 12.3 Å². The third kappa shape index (κ3) is 1.77. The van der Waals surface area contributed by atoms with E-state index in [-0.39, 0.29) is 12.4 Å². The van der Waals surface area contributed by atoms with Gasteiger partial charge in [0.2, 0.25) is 0 Å². The monoisotopic (exact) mass is 243 g/mol. The van der Waals surface area contributed by atoms with Gasteiger partial charge in [-0.1, -0.05) is 24.3 Å². The zero-order valence-electron chi connectivity index (χ0n) is 9.94. The highest BCUT2D eigenvalue weighted by Crippen LogP contribution is 2.35. The van der Waals surface area contributed by atoms with E-state index < -0.39 is 0 Å². The van der Waals surface area contributed by atoms with Crippen molar-refractivity contribution in [3.05, 3.63) is 59.4 Å². The van der Waals surface area contributed by atoms with Gasteiger partial charge in [-0.15, -0.1) is 0 Å². The van der Waals surface area contributed by atoms with Crippen molar-refractivity contribution >= 4 is 11.4 Å². The molecule has 0 bridgehead atoms. The summed E-state index contributed by atoms with van der Waals surface area (Å²) >= 11 is 0. The normalized spacial score (nSPS) is 13.8. The highest BCUT2D eigenvalue weighted by Gasteiger charge is 2.22. The van der Waals surface area contributed by atoms with E-state index in [1.54, 1.807) is 12.1 Å². The van der Waals surface area contributed by atoms with Gasteiger partial charge in [0.25, 0.3) is 0 Å². The molecule has 18 heavy (non-hydrogen) atoms. The second kappa shape index (κ2) is 4.42. The number of hydrogen-bond donors (Lipinski definition) is 1. The Morgan fingerprint density at radius 2 is 1.94 bits per heavy atom. The molecule has 0 fully saturated rings. The average molecular weight is 243 g/mol. The van der Waals surface area contributed by atoms with Crippen molar-refractivity contribution in [2.75, 3.05) is 11.4 Å². The molecule has 1 N–H and O–H groups in total. The summed E-state index contributed by atoms with van der Waals surface area (Å²) < 4.78 is 14.0. The summed E-state index contributed by atoms with van der Waals surface area (Å²) in [5, 5.41) is 9.00. The van der Waals surface area contributed by atoms with Crippen LogP contribution >= 0.6 is 0 Å². The molecular formula is C15H14FNO. The number of halogens is 1. The molecule has 0 saturated carbocycles. The molecule has 1 aliphatic rings. The lowest BCUT2D eigenvalue weighted by Gasteiger charge is -2.20. The number of para-hydroxylation sites is 1. The summed E-state index contributed by atoms with van der Waals surface area (Å²) in [6.45, 7) is 0.669. The van der Waals surface area contributed by atoms with E-state index >= 15 is 0 Å². The molecule has 92 valence electrons. The van der Waals surface area contributed by atoms with E-state index in [2.05, 4.69) is 6.07 Å². The topological polar surface area (TPSA) is 23.5 Å².